The normalized spacial score (nSPS) is 8.77. The monoisotopic (exact) mass is 310 g/mol. The van der Waals surface area contributed by atoms with Crippen LogP contribution in [0, 0.1) is 6.92 Å². The molecule has 0 aliphatic rings. The van der Waals surface area contributed by atoms with Crippen LogP contribution in [-0.2, 0) is 4.74 Å². The Bertz CT molecular complexity index is 344. The Balaban J connectivity index is -0.000000535. The van der Waals surface area contributed by atoms with Crippen molar-refractivity contribution < 1.29 is 9.47 Å². The molecule has 0 aliphatic heterocycles. The number of unbranched alkanes of at least 4 members (excludes halogenated alkanes) is 1. The van der Waals surface area contributed by atoms with Crippen molar-refractivity contribution in [2.24, 2.45) is 0 Å². The SMILES string of the molecule is CC.CC.CC.COCCC/C=C/c1cc(C)ccc1OC. The summed E-state index contributed by atoms with van der Waals surface area (Å²) in [4.78, 5) is 0. The Hall–Kier alpha value is -1.28. The van der Waals surface area contributed by atoms with Gasteiger partial charge in [-0.1, -0.05) is 65.3 Å². The summed E-state index contributed by atoms with van der Waals surface area (Å²) in [6.07, 6.45) is 6.36. The lowest BCUT2D eigenvalue weighted by molar-refractivity contribution is 0.196. The summed E-state index contributed by atoms with van der Waals surface area (Å²) < 4.78 is 10.3. The van der Waals surface area contributed by atoms with E-state index < -0.39 is 0 Å². The Labute approximate surface area is 139 Å². The van der Waals surface area contributed by atoms with Crippen molar-refractivity contribution in [3.05, 3.63) is 35.4 Å². The molecule has 0 aromatic heterocycles. The van der Waals surface area contributed by atoms with Gasteiger partial charge >= 0.3 is 0 Å². The number of allylic oxidation sites excluding steroid dienone is 1. The maximum atomic E-state index is 5.30. The third-order valence-corrected chi connectivity index (χ3v) is 2.40. The molecule has 2 nitrogen and oxygen atoms in total. The topological polar surface area (TPSA) is 18.5 Å². The van der Waals surface area contributed by atoms with Gasteiger partial charge in [0.15, 0.2) is 0 Å². The van der Waals surface area contributed by atoms with Crippen LogP contribution in [0.1, 0.15) is 65.5 Å². The standard InChI is InChI=1S/C14H20O2.3C2H6/c1-12-8-9-14(16-3)13(11-12)7-5-4-6-10-15-2;3*1-2/h5,7-9,11H,4,6,10H2,1-3H3;3*1-2H3/b7-5+;;;. The molecule has 0 heterocycles. The summed E-state index contributed by atoms with van der Waals surface area (Å²) in [5, 5.41) is 0. The van der Waals surface area contributed by atoms with E-state index >= 15 is 0 Å². The van der Waals surface area contributed by atoms with Crippen LogP contribution in [0.5, 0.6) is 5.75 Å². The highest BCUT2D eigenvalue weighted by atomic mass is 16.5. The van der Waals surface area contributed by atoms with Crippen molar-refractivity contribution in [3.8, 4) is 5.75 Å². The first kappa shape index (κ1) is 25.7. The predicted octanol–water partition coefficient (Wildman–Crippen LogP) is 6.52. The van der Waals surface area contributed by atoms with E-state index in [1.165, 1.54) is 5.56 Å². The van der Waals surface area contributed by atoms with Gasteiger partial charge in [0.1, 0.15) is 5.75 Å². The van der Waals surface area contributed by atoms with E-state index in [4.69, 9.17) is 9.47 Å². The predicted molar refractivity (Wildman–Crippen MR) is 102 cm³/mol. The van der Waals surface area contributed by atoms with Gasteiger partial charge in [-0.3, -0.25) is 0 Å². The average molecular weight is 311 g/mol. The Morgan fingerprint density at radius 1 is 0.955 bits per heavy atom. The van der Waals surface area contributed by atoms with Crippen LogP contribution in [0.3, 0.4) is 0 Å². The third kappa shape index (κ3) is 13.7. The largest absolute Gasteiger partial charge is 0.496 e. The first-order chi connectivity index (χ1) is 10.8. The fourth-order valence-electron chi connectivity index (χ4n) is 1.54. The minimum Gasteiger partial charge on any atom is -0.496 e. The molecule has 0 spiro atoms. The molecule has 0 radical (unpaired) electrons. The van der Waals surface area contributed by atoms with Gasteiger partial charge in [0.2, 0.25) is 0 Å². The van der Waals surface area contributed by atoms with Crippen LogP contribution in [-0.4, -0.2) is 20.8 Å². The van der Waals surface area contributed by atoms with Gasteiger partial charge in [-0.25, -0.2) is 0 Å². The van der Waals surface area contributed by atoms with Gasteiger partial charge in [-0.15, -0.1) is 0 Å². The smallest absolute Gasteiger partial charge is 0.126 e. The second kappa shape index (κ2) is 22.0. The zero-order chi connectivity index (χ0) is 17.8. The fourth-order valence-corrected chi connectivity index (χ4v) is 1.54. The molecule has 1 aromatic carbocycles. The van der Waals surface area contributed by atoms with Gasteiger partial charge in [0.25, 0.3) is 0 Å². The van der Waals surface area contributed by atoms with Gasteiger partial charge in [-0.05, 0) is 31.9 Å². The number of ether oxygens (including phenoxy) is 2. The molecule has 130 valence electrons. The molecule has 0 fully saturated rings. The summed E-state index contributed by atoms with van der Waals surface area (Å²) in [5.74, 6) is 0.925. The van der Waals surface area contributed by atoms with E-state index in [0.29, 0.717) is 0 Å². The van der Waals surface area contributed by atoms with Crippen LogP contribution in [0.2, 0.25) is 0 Å². The summed E-state index contributed by atoms with van der Waals surface area (Å²) in [6, 6.07) is 6.19. The molecular weight excluding hydrogens is 272 g/mol. The summed E-state index contributed by atoms with van der Waals surface area (Å²) >= 11 is 0. The van der Waals surface area contributed by atoms with E-state index in [-0.39, 0.29) is 0 Å². The summed E-state index contributed by atoms with van der Waals surface area (Å²) in [6.45, 7) is 14.9. The molecule has 0 unspecified atom stereocenters. The Morgan fingerprint density at radius 3 is 2.05 bits per heavy atom. The third-order valence-electron chi connectivity index (χ3n) is 2.40. The second-order valence-electron chi connectivity index (χ2n) is 3.78. The van der Waals surface area contributed by atoms with Crippen LogP contribution in [0.15, 0.2) is 24.3 Å². The number of aryl methyl sites for hydroxylation is 1. The number of rotatable bonds is 6. The second-order valence-corrected chi connectivity index (χ2v) is 3.78. The van der Waals surface area contributed by atoms with E-state index in [2.05, 4.69) is 31.2 Å². The van der Waals surface area contributed by atoms with Gasteiger partial charge in [0, 0.05) is 19.3 Å². The zero-order valence-corrected chi connectivity index (χ0v) is 16.3. The van der Waals surface area contributed by atoms with Crippen molar-refractivity contribution in [1.29, 1.82) is 0 Å². The number of methoxy groups -OCH3 is 2. The van der Waals surface area contributed by atoms with Crippen LogP contribution < -0.4 is 4.74 Å². The zero-order valence-electron chi connectivity index (χ0n) is 16.3. The molecule has 0 saturated carbocycles. The fraction of sp³-hybridized carbons (Fsp3) is 0.600. The number of hydrogen-bond donors (Lipinski definition) is 0. The minimum atomic E-state index is 0.815. The summed E-state index contributed by atoms with van der Waals surface area (Å²) in [5.41, 5.74) is 2.39. The van der Waals surface area contributed by atoms with Crippen LogP contribution in [0.4, 0.5) is 0 Å². The highest BCUT2D eigenvalue weighted by molar-refractivity contribution is 5.58. The van der Waals surface area contributed by atoms with Gasteiger partial charge < -0.3 is 9.47 Å². The van der Waals surface area contributed by atoms with Crippen LogP contribution >= 0.6 is 0 Å². The number of hydrogen-bond acceptors (Lipinski definition) is 2. The molecule has 0 amide bonds. The summed E-state index contributed by atoms with van der Waals surface area (Å²) in [7, 11) is 3.43. The van der Waals surface area contributed by atoms with E-state index in [1.54, 1.807) is 14.2 Å². The minimum absolute atomic E-state index is 0.815. The first-order valence-corrected chi connectivity index (χ1v) is 8.58. The van der Waals surface area contributed by atoms with Crippen molar-refractivity contribution >= 4 is 6.08 Å². The molecule has 0 bridgehead atoms. The lowest BCUT2D eigenvalue weighted by atomic mass is 10.1. The number of benzene rings is 1. The molecule has 2 heteroatoms. The maximum absolute atomic E-state index is 5.30. The Kier molecular flexibility index (Phi) is 25.7. The highest BCUT2D eigenvalue weighted by Gasteiger charge is 1.98. The molecule has 1 rings (SSSR count). The molecule has 0 N–H and O–H groups in total. The molecule has 0 aliphatic carbocycles. The average Bonchev–Trinajstić information content (AvgIpc) is 2.60. The lowest BCUT2D eigenvalue weighted by Crippen LogP contribution is -1.88. The molecular formula is C20H38O2. The lowest BCUT2D eigenvalue weighted by Gasteiger charge is -2.05. The Morgan fingerprint density at radius 2 is 1.55 bits per heavy atom. The quantitative estimate of drug-likeness (QED) is 0.557. The molecule has 1 aromatic rings. The van der Waals surface area contributed by atoms with Crippen molar-refractivity contribution in [2.45, 2.75) is 61.3 Å². The molecule has 0 saturated heterocycles. The highest BCUT2D eigenvalue weighted by Crippen LogP contribution is 2.21. The van der Waals surface area contributed by atoms with Crippen molar-refractivity contribution in [1.82, 2.24) is 0 Å². The van der Waals surface area contributed by atoms with E-state index in [9.17, 15) is 0 Å². The van der Waals surface area contributed by atoms with Crippen molar-refractivity contribution in [2.75, 3.05) is 20.8 Å². The van der Waals surface area contributed by atoms with Crippen molar-refractivity contribution in [3.63, 3.8) is 0 Å². The van der Waals surface area contributed by atoms with E-state index in [0.717, 1.165) is 30.8 Å². The van der Waals surface area contributed by atoms with E-state index in [1.807, 2.05) is 47.6 Å². The maximum Gasteiger partial charge on any atom is 0.126 e. The molecule has 0 atom stereocenters. The van der Waals surface area contributed by atoms with Gasteiger partial charge in [-0.2, -0.15) is 0 Å². The molecule has 22 heavy (non-hydrogen) atoms. The first-order valence-electron chi connectivity index (χ1n) is 8.58. The van der Waals surface area contributed by atoms with Crippen LogP contribution in [0.25, 0.3) is 6.08 Å². The van der Waals surface area contributed by atoms with Gasteiger partial charge in [0.05, 0.1) is 7.11 Å².